The first kappa shape index (κ1) is 21.4. The number of hydrogen-bond acceptors (Lipinski definition) is 4. The molecular weight excluding hydrogens is 407 g/mol. The summed E-state index contributed by atoms with van der Waals surface area (Å²) in [5, 5.41) is 3.24. The fraction of sp³-hybridized carbons (Fsp3) is 0.583. The lowest BCUT2D eigenvalue weighted by molar-refractivity contribution is 0.100. The maximum absolute atomic E-state index is 14.0. The van der Waals surface area contributed by atoms with Gasteiger partial charge in [-0.05, 0) is 70.4 Å². The van der Waals surface area contributed by atoms with E-state index in [1.165, 1.54) is 44.6 Å². The van der Waals surface area contributed by atoms with E-state index in [4.69, 9.17) is 10.7 Å². The van der Waals surface area contributed by atoms with Crippen LogP contribution in [-0.4, -0.2) is 69.6 Å². The van der Waals surface area contributed by atoms with Gasteiger partial charge in [0.2, 0.25) is 0 Å². The summed E-state index contributed by atoms with van der Waals surface area (Å²) >= 11 is 0. The van der Waals surface area contributed by atoms with Crippen molar-refractivity contribution in [2.45, 2.75) is 44.9 Å². The lowest BCUT2D eigenvalue weighted by Crippen LogP contribution is -2.44. The van der Waals surface area contributed by atoms with Gasteiger partial charge in [0.15, 0.2) is 5.65 Å². The van der Waals surface area contributed by atoms with Gasteiger partial charge >= 0.3 is 0 Å². The lowest BCUT2D eigenvalue weighted by Gasteiger charge is -2.41. The minimum atomic E-state index is -0.656. The average molecular weight is 441 g/mol. The Morgan fingerprint density at radius 2 is 1.94 bits per heavy atom. The molecule has 7 nitrogen and oxygen atoms in total. The molecule has 32 heavy (non-hydrogen) atoms. The number of halogens is 1. The number of likely N-dealkylation sites (tertiary alicyclic amines) is 2. The van der Waals surface area contributed by atoms with Gasteiger partial charge in [0, 0.05) is 29.8 Å². The summed E-state index contributed by atoms with van der Waals surface area (Å²) in [6, 6.07) is 2.55. The molecule has 8 heteroatoms. The molecule has 0 atom stereocenters. The number of aromatic amines is 1. The third-order valence-corrected chi connectivity index (χ3v) is 7.84. The summed E-state index contributed by atoms with van der Waals surface area (Å²) in [6.07, 6.45) is 6.70. The number of nitrogens with two attached hydrogens (primary N) is 1. The van der Waals surface area contributed by atoms with E-state index in [2.05, 4.69) is 28.7 Å². The number of hydrogen-bond donors (Lipinski definition) is 2. The molecule has 2 saturated heterocycles. The standard InChI is InChI=1S/C24H33FN6O/c1-3-29-8-4-16(5-9-29)15-30-10-6-24(2,7-11-30)19-14-27-31-21-18(22(26)32)12-17(25)13-20(21)28-23(19)31/h12-14,16,27H,3-11,15H2,1-2H3,(H2,26,32). The fourth-order valence-corrected chi connectivity index (χ4v) is 5.66. The van der Waals surface area contributed by atoms with Gasteiger partial charge < -0.3 is 15.5 Å². The third-order valence-electron chi connectivity index (χ3n) is 7.84. The van der Waals surface area contributed by atoms with Crippen LogP contribution in [0.1, 0.15) is 55.5 Å². The van der Waals surface area contributed by atoms with E-state index in [-0.39, 0.29) is 11.0 Å². The van der Waals surface area contributed by atoms with Crippen LogP contribution in [-0.2, 0) is 5.41 Å². The predicted molar refractivity (Wildman–Crippen MR) is 123 cm³/mol. The van der Waals surface area contributed by atoms with Crippen molar-refractivity contribution in [3.8, 4) is 0 Å². The van der Waals surface area contributed by atoms with Crippen LogP contribution in [0.25, 0.3) is 16.7 Å². The molecule has 172 valence electrons. The van der Waals surface area contributed by atoms with Gasteiger partial charge in [0.05, 0.1) is 11.1 Å². The SMILES string of the molecule is CCN1CCC(CN2CCC(C)(c3c[nH]n4c3nc3cc(F)cc(C(N)=O)c34)CC2)CC1. The Labute approximate surface area is 187 Å². The molecule has 0 radical (unpaired) electrons. The molecule has 0 spiro atoms. The van der Waals surface area contributed by atoms with E-state index in [0.717, 1.165) is 49.6 Å². The number of benzene rings is 1. The summed E-state index contributed by atoms with van der Waals surface area (Å²) in [4.78, 5) is 21.8. The van der Waals surface area contributed by atoms with Crippen LogP contribution in [0.5, 0.6) is 0 Å². The van der Waals surface area contributed by atoms with Crippen molar-refractivity contribution in [3.05, 3.63) is 35.3 Å². The van der Waals surface area contributed by atoms with Crippen LogP contribution in [0.15, 0.2) is 18.3 Å². The molecule has 0 unspecified atom stereocenters. The molecule has 2 fully saturated rings. The minimum Gasteiger partial charge on any atom is -0.366 e. The highest BCUT2D eigenvalue weighted by Gasteiger charge is 2.36. The number of amides is 1. The molecule has 4 heterocycles. The molecule has 2 aliphatic rings. The van der Waals surface area contributed by atoms with Crippen molar-refractivity contribution >= 4 is 22.6 Å². The number of H-pyrrole nitrogens is 1. The Kier molecular flexibility index (Phi) is 5.45. The van der Waals surface area contributed by atoms with E-state index in [0.29, 0.717) is 11.0 Å². The molecule has 0 saturated carbocycles. The van der Waals surface area contributed by atoms with Crippen molar-refractivity contribution in [1.29, 1.82) is 0 Å². The number of aromatic nitrogens is 3. The van der Waals surface area contributed by atoms with Crippen molar-refractivity contribution in [2.24, 2.45) is 11.7 Å². The van der Waals surface area contributed by atoms with Gasteiger partial charge in [-0.25, -0.2) is 13.9 Å². The molecule has 3 aromatic rings. The Hall–Kier alpha value is -2.45. The molecule has 1 aromatic carbocycles. The van der Waals surface area contributed by atoms with Crippen LogP contribution >= 0.6 is 0 Å². The molecule has 2 aliphatic heterocycles. The largest absolute Gasteiger partial charge is 0.366 e. The van der Waals surface area contributed by atoms with Crippen LogP contribution in [0.3, 0.4) is 0 Å². The third kappa shape index (κ3) is 3.69. The first-order valence-corrected chi connectivity index (χ1v) is 11.8. The molecule has 0 bridgehead atoms. The summed E-state index contributed by atoms with van der Waals surface area (Å²) in [6.45, 7) is 11.5. The van der Waals surface area contributed by atoms with E-state index in [1.54, 1.807) is 4.52 Å². The van der Waals surface area contributed by atoms with Gasteiger partial charge in [-0.3, -0.25) is 9.89 Å². The Bertz CT molecular complexity index is 1130. The van der Waals surface area contributed by atoms with E-state index < -0.39 is 11.7 Å². The monoisotopic (exact) mass is 440 g/mol. The number of nitrogens with zero attached hydrogens (tertiary/aromatic N) is 4. The van der Waals surface area contributed by atoms with Gasteiger partial charge in [-0.1, -0.05) is 13.8 Å². The van der Waals surface area contributed by atoms with Crippen LogP contribution < -0.4 is 5.73 Å². The fourth-order valence-electron chi connectivity index (χ4n) is 5.66. The van der Waals surface area contributed by atoms with E-state index in [1.807, 2.05) is 6.20 Å². The van der Waals surface area contributed by atoms with Crippen molar-refractivity contribution in [3.63, 3.8) is 0 Å². The van der Waals surface area contributed by atoms with Crippen molar-refractivity contribution < 1.29 is 9.18 Å². The highest BCUT2D eigenvalue weighted by atomic mass is 19.1. The second-order valence-electron chi connectivity index (χ2n) is 9.88. The molecule has 0 aliphatic carbocycles. The summed E-state index contributed by atoms with van der Waals surface area (Å²) in [5.41, 5.74) is 8.52. The topological polar surface area (TPSA) is 82.7 Å². The van der Waals surface area contributed by atoms with Crippen LogP contribution in [0.2, 0.25) is 0 Å². The molecule has 5 rings (SSSR count). The summed E-state index contributed by atoms with van der Waals surface area (Å²) < 4.78 is 15.8. The second kappa shape index (κ2) is 8.15. The zero-order chi connectivity index (χ0) is 22.5. The minimum absolute atomic E-state index is 0.0177. The lowest BCUT2D eigenvalue weighted by atomic mass is 9.75. The normalized spacial score (nSPS) is 21.0. The molecule has 3 N–H and O–H groups in total. The highest BCUT2D eigenvalue weighted by molar-refractivity contribution is 6.05. The number of rotatable bonds is 5. The smallest absolute Gasteiger partial charge is 0.251 e. The predicted octanol–water partition coefficient (Wildman–Crippen LogP) is 3.14. The number of piperidine rings is 2. The van der Waals surface area contributed by atoms with Gasteiger partial charge in [0.1, 0.15) is 11.3 Å². The Morgan fingerprint density at radius 1 is 1.22 bits per heavy atom. The number of nitrogens with one attached hydrogen (secondary N) is 1. The zero-order valence-corrected chi connectivity index (χ0v) is 19.0. The zero-order valence-electron chi connectivity index (χ0n) is 19.0. The summed E-state index contributed by atoms with van der Waals surface area (Å²) in [7, 11) is 0. The number of carbonyl (C=O) groups excluding carboxylic acids is 1. The first-order valence-electron chi connectivity index (χ1n) is 11.8. The van der Waals surface area contributed by atoms with Crippen molar-refractivity contribution in [1.82, 2.24) is 24.4 Å². The van der Waals surface area contributed by atoms with Crippen molar-refractivity contribution in [2.75, 3.05) is 39.3 Å². The van der Waals surface area contributed by atoms with Gasteiger partial charge in [-0.15, -0.1) is 0 Å². The second-order valence-corrected chi connectivity index (χ2v) is 9.88. The Morgan fingerprint density at radius 3 is 2.59 bits per heavy atom. The highest BCUT2D eigenvalue weighted by Crippen LogP contribution is 2.38. The van der Waals surface area contributed by atoms with Gasteiger partial charge in [-0.2, -0.15) is 0 Å². The quantitative estimate of drug-likeness (QED) is 0.639. The molecule has 2 aromatic heterocycles. The Balaban J connectivity index is 1.35. The van der Waals surface area contributed by atoms with Crippen LogP contribution in [0, 0.1) is 11.7 Å². The van der Waals surface area contributed by atoms with E-state index >= 15 is 0 Å². The molecular formula is C24H33FN6O. The average Bonchev–Trinajstić information content (AvgIpc) is 3.34. The first-order chi connectivity index (χ1) is 15.4. The number of primary amides is 1. The number of fused-ring (bicyclic) bond motifs is 3. The maximum Gasteiger partial charge on any atom is 0.251 e. The number of imidazole rings is 1. The maximum atomic E-state index is 14.0. The van der Waals surface area contributed by atoms with Gasteiger partial charge in [0.25, 0.3) is 5.91 Å². The van der Waals surface area contributed by atoms with Crippen LogP contribution in [0.4, 0.5) is 4.39 Å². The summed E-state index contributed by atoms with van der Waals surface area (Å²) in [5.74, 6) is -0.351. The molecule has 1 amide bonds. The van der Waals surface area contributed by atoms with E-state index in [9.17, 15) is 9.18 Å². The number of carbonyl (C=O) groups is 1.